The molecular weight excluding hydrogens is 677 g/mol. The molecule has 9 heteroatoms. The number of nitrogens with zero attached hydrogens (tertiary/aromatic N) is 3. The monoisotopic (exact) mass is 757 g/mol. The summed E-state index contributed by atoms with van der Waals surface area (Å²) in [5.41, 5.74) is 0. The number of carbonyl (C=O) groups is 1. The number of carbonyl (C=O) groups excluding carboxylic acids is 1. The van der Waals surface area contributed by atoms with Gasteiger partial charge in [0.1, 0.15) is 17.5 Å². The fourth-order valence-electron chi connectivity index (χ4n) is 9.41. The van der Waals surface area contributed by atoms with Crippen LogP contribution in [0.25, 0.3) is 0 Å². The van der Waals surface area contributed by atoms with Gasteiger partial charge in [-0.25, -0.2) is 19.7 Å². The first kappa shape index (κ1) is 44.9. The average Bonchev–Trinajstić information content (AvgIpc) is 3.14. The third kappa shape index (κ3) is 15.2. The predicted octanol–water partition coefficient (Wildman–Crippen LogP) is 10.8. The van der Waals surface area contributed by atoms with E-state index in [2.05, 4.69) is 46.9 Å². The minimum atomic E-state index is -0.608. The highest BCUT2D eigenvalue weighted by Crippen LogP contribution is 2.43. The molecular formula is C45H80N4O5. The molecule has 9 nitrogen and oxygen atoms in total. The lowest BCUT2D eigenvalue weighted by Gasteiger charge is -2.36. The van der Waals surface area contributed by atoms with Gasteiger partial charge >= 0.3 is 6.09 Å². The molecule has 2 N–H and O–H groups in total. The summed E-state index contributed by atoms with van der Waals surface area (Å²) >= 11 is 0. The maximum Gasteiger partial charge on any atom is 0.407 e. The van der Waals surface area contributed by atoms with E-state index in [1.807, 2.05) is 0 Å². The van der Waals surface area contributed by atoms with Crippen LogP contribution in [0.4, 0.5) is 4.79 Å². The summed E-state index contributed by atoms with van der Waals surface area (Å²) in [5.74, 6) is 5.82. The van der Waals surface area contributed by atoms with Crippen molar-refractivity contribution in [2.45, 2.75) is 212 Å². The van der Waals surface area contributed by atoms with Gasteiger partial charge in [0.05, 0.1) is 25.4 Å². The molecule has 1 aromatic heterocycles. The molecule has 0 aromatic carbocycles. The lowest BCUT2D eigenvalue weighted by Crippen LogP contribution is -2.38. The second kappa shape index (κ2) is 24.7. The predicted molar refractivity (Wildman–Crippen MR) is 218 cm³/mol. The van der Waals surface area contributed by atoms with Crippen LogP contribution in [-0.4, -0.2) is 70.8 Å². The van der Waals surface area contributed by atoms with E-state index in [1.54, 1.807) is 0 Å². The Morgan fingerprint density at radius 1 is 0.667 bits per heavy atom. The van der Waals surface area contributed by atoms with Crippen molar-refractivity contribution in [1.82, 2.24) is 20.3 Å². The number of aromatic nitrogens is 3. The third-order valence-corrected chi connectivity index (χ3v) is 12.9. The van der Waals surface area contributed by atoms with Crippen LogP contribution in [-0.2, 0) is 14.2 Å². The maximum atomic E-state index is 12.6. The summed E-state index contributed by atoms with van der Waals surface area (Å²) < 4.78 is 18.2. The molecule has 0 bridgehead atoms. The smallest absolute Gasteiger partial charge is 0.407 e. The molecule has 1 heterocycles. The van der Waals surface area contributed by atoms with Gasteiger partial charge in [0.2, 0.25) is 0 Å². The number of rotatable bonds is 23. The number of hydrogen-bond donors (Lipinski definition) is 2. The van der Waals surface area contributed by atoms with Crippen molar-refractivity contribution >= 4 is 6.09 Å². The van der Waals surface area contributed by atoms with Gasteiger partial charge < -0.3 is 24.6 Å². The lowest BCUT2D eigenvalue weighted by atomic mass is 9.74. The Morgan fingerprint density at radius 3 is 1.72 bits per heavy atom. The molecule has 0 aliphatic heterocycles. The number of amides is 1. The molecule has 3 aliphatic rings. The van der Waals surface area contributed by atoms with Crippen LogP contribution in [0, 0.1) is 23.7 Å². The summed E-state index contributed by atoms with van der Waals surface area (Å²) in [6.07, 6.45) is 22.2. The van der Waals surface area contributed by atoms with E-state index >= 15 is 0 Å². The van der Waals surface area contributed by atoms with E-state index in [0.29, 0.717) is 49.9 Å². The van der Waals surface area contributed by atoms with Gasteiger partial charge in [0.15, 0.2) is 6.10 Å². The quantitative estimate of drug-likeness (QED) is 0.106. The van der Waals surface area contributed by atoms with Crippen LogP contribution < -0.4 is 5.32 Å². The number of alkyl carbamates (subject to hydrolysis) is 1. The SMILES string of the molecule is CCCCCCCCCCCCOCC(COC1CCC(c2nc(C3CCC(C)CC3C)nc(C3CCC(C)CC3C)n2)C(O)C1)OC(=O)NCCCC. The minimum Gasteiger partial charge on any atom is -0.441 e. The van der Waals surface area contributed by atoms with Crippen molar-refractivity contribution in [1.29, 1.82) is 0 Å². The summed E-state index contributed by atoms with van der Waals surface area (Å²) in [7, 11) is 0. The Bertz CT molecular complexity index is 1140. The molecule has 10 unspecified atom stereocenters. The molecule has 310 valence electrons. The Hall–Kier alpha value is -1.84. The Balaban J connectivity index is 1.31. The summed E-state index contributed by atoms with van der Waals surface area (Å²) in [4.78, 5) is 28.2. The van der Waals surface area contributed by atoms with Crippen molar-refractivity contribution < 1.29 is 24.1 Å². The van der Waals surface area contributed by atoms with E-state index < -0.39 is 18.3 Å². The zero-order chi connectivity index (χ0) is 38.7. The minimum absolute atomic E-state index is 0.132. The van der Waals surface area contributed by atoms with Crippen molar-refractivity contribution in [3.63, 3.8) is 0 Å². The van der Waals surface area contributed by atoms with E-state index in [9.17, 15) is 9.90 Å². The van der Waals surface area contributed by atoms with Crippen molar-refractivity contribution in [2.75, 3.05) is 26.4 Å². The second-order valence-corrected chi connectivity index (χ2v) is 17.9. The number of hydrogen-bond acceptors (Lipinski definition) is 8. The van der Waals surface area contributed by atoms with Crippen molar-refractivity contribution in [3.8, 4) is 0 Å². The van der Waals surface area contributed by atoms with Gasteiger partial charge in [-0.3, -0.25) is 0 Å². The Labute approximate surface area is 329 Å². The summed E-state index contributed by atoms with van der Waals surface area (Å²) in [5, 5.41) is 14.5. The van der Waals surface area contributed by atoms with Gasteiger partial charge in [0.25, 0.3) is 0 Å². The lowest BCUT2D eigenvalue weighted by molar-refractivity contribution is -0.0752. The van der Waals surface area contributed by atoms with Crippen molar-refractivity contribution in [3.05, 3.63) is 17.5 Å². The normalized spacial score (nSPS) is 29.5. The first-order valence-electron chi connectivity index (χ1n) is 22.8. The molecule has 3 aliphatic carbocycles. The van der Waals surface area contributed by atoms with Crippen LogP contribution in [0.5, 0.6) is 0 Å². The first-order chi connectivity index (χ1) is 26.2. The average molecular weight is 757 g/mol. The van der Waals surface area contributed by atoms with Gasteiger partial charge in [-0.15, -0.1) is 0 Å². The maximum absolute atomic E-state index is 12.6. The molecule has 1 aromatic rings. The van der Waals surface area contributed by atoms with Gasteiger partial charge in [-0.05, 0) is 87.9 Å². The van der Waals surface area contributed by atoms with Crippen LogP contribution in [0.15, 0.2) is 0 Å². The van der Waals surface area contributed by atoms with Crippen LogP contribution in [0.1, 0.15) is 212 Å². The van der Waals surface area contributed by atoms with Gasteiger partial charge in [0, 0.05) is 37.3 Å². The topological polar surface area (TPSA) is 116 Å². The zero-order valence-corrected chi connectivity index (χ0v) is 35.4. The van der Waals surface area contributed by atoms with Gasteiger partial charge in [-0.2, -0.15) is 0 Å². The number of unbranched alkanes of at least 4 members (excludes halogenated alkanes) is 10. The molecule has 54 heavy (non-hydrogen) atoms. The van der Waals surface area contributed by atoms with Crippen LogP contribution in [0.2, 0.25) is 0 Å². The van der Waals surface area contributed by atoms with E-state index in [4.69, 9.17) is 29.2 Å². The highest BCUT2D eigenvalue weighted by atomic mass is 16.6. The fraction of sp³-hybridized carbons (Fsp3) is 0.911. The van der Waals surface area contributed by atoms with E-state index in [0.717, 1.165) is 80.7 Å². The molecule has 0 spiro atoms. The second-order valence-electron chi connectivity index (χ2n) is 17.9. The molecule has 3 fully saturated rings. The molecule has 1 amide bonds. The Morgan fingerprint density at radius 2 is 1.19 bits per heavy atom. The molecule has 4 rings (SSSR count). The fourth-order valence-corrected chi connectivity index (χ4v) is 9.41. The van der Waals surface area contributed by atoms with E-state index in [1.165, 1.54) is 77.0 Å². The molecule has 0 saturated heterocycles. The summed E-state index contributed by atoms with van der Waals surface area (Å²) in [6.45, 7) is 15.6. The largest absolute Gasteiger partial charge is 0.441 e. The number of aliphatic hydroxyl groups excluding tert-OH is 1. The van der Waals surface area contributed by atoms with Crippen LogP contribution in [0.3, 0.4) is 0 Å². The Kier molecular flexibility index (Phi) is 20.5. The highest BCUT2D eigenvalue weighted by molar-refractivity contribution is 5.67. The van der Waals surface area contributed by atoms with Crippen molar-refractivity contribution in [2.24, 2.45) is 23.7 Å². The third-order valence-electron chi connectivity index (χ3n) is 12.9. The van der Waals surface area contributed by atoms with E-state index in [-0.39, 0.29) is 18.6 Å². The molecule has 10 atom stereocenters. The summed E-state index contributed by atoms with van der Waals surface area (Å²) in [6, 6.07) is 0. The van der Waals surface area contributed by atoms with Crippen LogP contribution >= 0.6 is 0 Å². The molecule has 3 saturated carbocycles. The standard InChI is InChI=1S/C45H80N4O5/c1-7-9-11-12-13-14-15-16-17-18-26-52-30-37(54-45(51)46-25-10-8-2)31-53-36-21-24-40(41(50)29-36)44-48-42(38-22-19-32(3)27-34(38)5)47-43(49-44)39-23-20-33(4)28-35(39)6/h32-41,50H,7-31H2,1-6H3,(H,46,51). The van der Waals surface area contributed by atoms with Gasteiger partial charge in [-0.1, -0.05) is 106 Å². The number of nitrogens with one attached hydrogen (secondary N) is 1. The molecule has 0 radical (unpaired) electrons. The first-order valence-corrected chi connectivity index (χ1v) is 22.8. The highest BCUT2D eigenvalue weighted by Gasteiger charge is 2.37. The number of ether oxygens (including phenoxy) is 3. The number of aliphatic hydroxyl groups is 1. The zero-order valence-electron chi connectivity index (χ0n) is 35.4.